The molecule has 2 heterocycles. The molecule has 5 nitrogen and oxygen atoms in total. The fraction of sp³-hybridized carbons (Fsp3) is 0.200. The summed E-state index contributed by atoms with van der Waals surface area (Å²) in [6, 6.07) is 17.3. The van der Waals surface area contributed by atoms with E-state index in [1.54, 1.807) is 12.1 Å². The minimum absolute atomic E-state index is 0.0202. The number of hydrogen-bond acceptors (Lipinski definition) is 3. The molecule has 0 unspecified atom stereocenters. The van der Waals surface area contributed by atoms with Crippen LogP contribution in [-0.4, -0.2) is 27.1 Å². The van der Waals surface area contributed by atoms with Crippen molar-refractivity contribution in [3.05, 3.63) is 83.3 Å². The van der Waals surface area contributed by atoms with Gasteiger partial charge in [0.25, 0.3) is 5.91 Å². The summed E-state index contributed by atoms with van der Waals surface area (Å²) < 4.78 is 20.5. The molecule has 132 valence electrons. The molecular weight excluding hydrogens is 333 g/mol. The zero-order valence-electron chi connectivity index (χ0n) is 14.1. The molecule has 2 aromatic carbocycles. The molecule has 0 spiro atoms. The van der Waals surface area contributed by atoms with Crippen molar-refractivity contribution in [3.63, 3.8) is 0 Å². The molecule has 1 aromatic heterocycles. The van der Waals surface area contributed by atoms with Gasteiger partial charge in [-0.15, -0.1) is 5.10 Å². The summed E-state index contributed by atoms with van der Waals surface area (Å²) in [5, 5.41) is 4.43. The molecule has 0 radical (unpaired) electrons. The molecule has 0 saturated heterocycles. The lowest BCUT2D eigenvalue weighted by molar-refractivity contribution is 0.0706. The first-order chi connectivity index (χ1) is 12.7. The smallest absolute Gasteiger partial charge is 0.254 e. The number of amides is 1. The van der Waals surface area contributed by atoms with Crippen LogP contribution in [0.15, 0.2) is 60.7 Å². The number of carbonyl (C=O) groups excluding carboxylic acids is 1. The van der Waals surface area contributed by atoms with Gasteiger partial charge in [0, 0.05) is 18.2 Å². The van der Waals surface area contributed by atoms with Crippen LogP contribution in [-0.2, 0) is 19.7 Å². The average Bonchev–Trinajstić information content (AvgIpc) is 3.10. The third-order valence-electron chi connectivity index (χ3n) is 4.38. The Morgan fingerprint density at radius 3 is 2.62 bits per heavy atom. The average molecular weight is 351 g/mol. The van der Waals surface area contributed by atoms with E-state index in [2.05, 4.69) is 5.10 Å². The fourth-order valence-electron chi connectivity index (χ4n) is 2.99. The molecule has 0 aliphatic carbocycles. The highest BCUT2D eigenvalue weighted by molar-refractivity contribution is 5.94. The van der Waals surface area contributed by atoms with Crippen molar-refractivity contribution < 1.29 is 13.9 Å². The highest BCUT2D eigenvalue weighted by Gasteiger charge is 2.23. The SMILES string of the molecule is O=C(c1ccccc1)N1CCn2nc(OCc3ccc(F)cc3)cc2C1. The molecule has 4 rings (SSSR count). The summed E-state index contributed by atoms with van der Waals surface area (Å²) in [5.41, 5.74) is 2.50. The zero-order chi connectivity index (χ0) is 17.9. The Bertz CT molecular complexity index is 907. The summed E-state index contributed by atoms with van der Waals surface area (Å²) in [4.78, 5) is 14.4. The van der Waals surface area contributed by atoms with E-state index in [4.69, 9.17) is 4.74 Å². The summed E-state index contributed by atoms with van der Waals surface area (Å²) in [6.07, 6.45) is 0. The van der Waals surface area contributed by atoms with Crippen molar-refractivity contribution in [1.29, 1.82) is 0 Å². The topological polar surface area (TPSA) is 47.4 Å². The molecule has 0 N–H and O–H groups in total. The fourth-order valence-corrected chi connectivity index (χ4v) is 2.99. The van der Waals surface area contributed by atoms with E-state index in [1.807, 2.05) is 46.0 Å². The second kappa shape index (κ2) is 7.00. The number of aromatic nitrogens is 2. The number of rotatable bonds is 4. The molecule has 0 bridgehead atoms. The molecule has 6 heteroatoms. The highest BCUT2D eigenvalue weighted by Crippen LogP contribution is 2.20. The Balaban J connectivity index is 1.42. The number of ether oxygens (including phenoxy) is 1. The summed E-state index contributed by atoms with van der Waals surface area (Å²) in [6.45, 7) is 2.07. The van der Waals surface area contributed by atoms with Gasteiger partial charge in [-0.25, -0.2) is 4.39 Å². The van der Waals surface area contributed by atoms with Crippen molar-refractivity contribution in [2.24, 2.45) is 0 Å². The van der Waals surface area contributed by atoms with Crippen LogP contribution < -0.4 is 4.74 Å². The van der Waals surface area contributed by atoms with E-state index in [1.165, 1.54) is 12.1 Å². The van der Waals surface area contributed by atoms with Crippen LogP contribution in [0.1, 0.15) is 21.6 Å². The number of hydrogen-bond donors (Lipinski definition) is 0. The van der Waals surface area contributed by atoms with E-state index in [0.717, 1.165) is 11.3 Å². The predicted octanol–water partition coefficient (Wildman–Crippen LogP) is 3.26. The van der Waals surface area contributed by atoms with Crippen LogP contribution in [0, 0.1) is 5.82 Å². The number of benzene rings is 2. The van der Waals surface area contributed by atoms with Gasteiger partial charge in [0.15, 0.2) is 0 Å². The van der Waals surface area contributed by atoms with Gasteiger partial charge in [-0.05, 0) is 29.8 Å². The van der Waals surface area contributed by atoms with E-state index in [0.29, 0.717) is 37.7 Å². The molecule has 0 saturated carbocycles. The second-order valence-corrected chi connectivity index (χ2v) is 6.20. The van der Waals surface area contributed by atoms with Crippen LogP contribution in [0.3, 0.4) is 0 Å². The molecule has 1 aliphatic rings. The third-order valence-corrected chi connectivity index (χ3v) is 4.38. The maximum absolute atomic E-state index is 12.9. The number of fused-ring (bicyclic) bond motifs is 1. The van der Waals surface area contributed by atoms with Crippen molar-refractivity contribution >= 4 is 5.91 Å². The number of nitrogens with zero attached hydrogens (tertiary/aromatic N) is 3. The lowest BCUT2D eigenvalue weighted by atomic mass is 10.2. The standard InChI is InChI=1S/C20H18FN3O2/c21-17-8-6-15(7-9-17)14-26-19-12-18-13-23(10-11-24(18)22-19)20(25)16-4-2-1-3-5-16/h1-9,12H,10-11,13-14H2. The van der Waals surface area contributed by atoms with Gasteiger partial charge in [-0.1, -0.05) is 30.3 Å². The van der Waals surface area contributed by atoms with E-state index >= 15 is 0 Å². The lowest BCUT2D eigenvalue weighted by Crippen LogP contribution is -2.38. The maximum Gasteiger partial charge on any atom is 0.254 e. The summed E-state index contributed by atoms with van der Waals surface area (Å²) >= 11 is 0. The minimum atomic E-state index is -0.269. The molecular formula is C20H18FN3O2. The molecule has 26 heavy (non-hydrogen) atoms. The summed E-state index contributed by atoms with van der Waals surface area (Å²) in [7, 11) is 0. The highest BCUT2D eigenvalue weighted by atomic mass is 19.1. The molecule has 0 atom stereocenters. The van der Waals surface area contributed by atoms with Crippen molar-refractivity contribution in [2.45, 2.75) is 19.7 Å². The second-order valence-electron chi connectivity index (χ2n) is 6.20. The Kier molecular flexibility index (Phi) is 4.39. The number of carbonyl (C=O) groups is 1. The van der Waals surface area contributed by atoms with Gasteiger partial charge < -0.3 is 9.64 Å². The van der Waals surface area contributed by atoms with Crippen molar-refractivity contribution in [1.82, 2.24) is 14.7 Å². The van der Waals surface area contributed by atoms with Crippen LogP contribution in [0.5, 0.6) is 5.88 Å². The Labute approximate surface area is 150 Å². The zero-order valence-corrected chi connectivity index (χ0v) is 14.1. The summed E-state index contributed by atoms with van der Waals surface area (Å²) in [5.74, 6) is 0.263. The quantitative estimate of drug-likeness (QED) is 0.725. The van der Waals surface area contributed by atoms with Crippen molar-refractivity contribution in [2.75, 3.05) is 6.54 Å². The monoisotopic (exact) mass is 351 g/mol. The van der Waals surface area contributed by atoms with E-state index in [-0.39, 0.29) is 11.7 Å². The molecule has 1 aliphatic heterocycles. The number of halogens is 1. The largest absolute Gasteiger partial charge is 0.472 e. The van der Waals surface area contributed by atoms with Gasteiger partial charge in [0.2, 0.25) is 5.88 Å². The van der Waals surface area contributed by atoms with Crippen LogP contribution in [0.4, 0.5) is 4.39 Å². The van der Waals surface area contributed by atoms with Crippen LogP contribution in [0.2, 0.25) is 0 Å². The van der Waals surface area contributed by atoms with Crippen LogP contribution in [0.25, 0.3) is 0 Å². The Morgan fingerprint density at radius 1 is 1.08 bits per heavy atom. The van der Waals surface area contributed by atoms with E-state index < -0.39 is 0 Å². The van der Waals surface area contributed by atoms with Crippen molar-refractivity contribution in [3.8, 4) is 5.88 Å². The molecule has 3 aromatic rings. The third kappa shape index (κ3) is 3.44. The normalized spacial score (nSPS) is 13.3. The van der Waals surface area contributed by atoms with Gasteiger partial charge in [-0.2, -0.15) is 0 Å². The molecule has 1 amide bonds. The Morgan fingerprint density at radius 2 is 1.85 bits per heavy atom. The van der Waals surface area contributed by atoms with Gasteiger partial charge in [-0.3, -0.25) is 9.48 Å². The van der Waals surface area contributed by atoms with Crippen LogP contribution >= 0.6 is 0 Å². The maximum atomic E-state index is 12.9. The van der Waals surface area contributed by atoms with Gasteiger partial charge in [0.05, 0.1) is 18.8 Å². The first-order valence-electron chi connectivity index (χ1n) is 8.47. The van der Waals surface area contributed by atoms with Gasteiger partial charge in [0.1, 0.15) is 12.4 Å². The first kappa shape index (κ1) is 16.3. The van der Waals surface area contributed by atoms with E-state index in [9.17, 15) is 9.18 Å². The lowest BCUT2D eigenvalue weighted by Gasteiger charge is -2.27. The first-order valence-corrected chi connectivity index (χ1v) is 8.47. The van der Waals surface area contributed by atoms with Gasteiger partial charge >= 0.3 is 0 Å². The molecule has 0 fully saturated rings. The predicted molar refractivity (Wildman–Crippen MR) is 94.1 cm³/mol. The Hall–Kier alpha value is -3.15. The minimum Gasteiger partial charge on any atom is -0.472 e.